The van der Waals surface area contributed by atoms with Gasteiger partial charge in [-0.25, -0.2) is 0 Å². The van der Waals surface area contributed by atoms with Crippen LogP contribution in [0.25, 0.3) is 5.57 Å². The number of rotatable bonds is 1. The van der Waals surface area contributed by atoms with Crippen LogP contribution in [0.3, 0.4) is 0 Å². The van der Waals surface area contributed by atoms with Gasteiger partial charge in [-0.05, 0) is 17.2 Å². The summed E-state index contributed by atoms with van der Waals surface area (Å²) in [7, 11) is 0. The van der Waals surface area contributed by atoms with Gasteiger partial charge in [-0.3, -0.25) is 0 Å². The molecule has 0 saturated carbocycles. The topological polar surface area (TPSA) is 47.6 Å². The Balaban J connectivity index is 2.51. The molecule has 0 N–H and O–H groups in total. The third-order valence-electron chi connectivity index (χ3n) is 2.34. The molecule has 0 fully saturated rings. The molecule has 3 heteroatoms. The predicted octanol–water partition coefficient (Wildman–Crippen LogP) is 2.98. The van der Waals surface area contributed by atoms with Crippen LogP contribution in [0.2, 0.25) is 0 Å². The fraction of sp³-hybridized carbons (Fsp3) is 0.167. The van der Waals surface area contributed by atoms with E-state index >= 15 is 0 Å². The van der Waals surface area contributed by atoms with Crippen molar-refractivity contribution in [1.82, 2.24) is 0 Å². The van der Waals surface area contributed by atoms with Crippen molar-refractivity contribution in [3.05, 3.63) is 35.4 Å². The van der Waals surface area contributed by atoms with Crippen molar-refractivity contribution in [2.75, 3.05) is 5.75 Å². The Hall–Kier alpha value is -1.71. The Bertz CT molecular complexity index is 503. The van der Waals surface area contributed by atoms with Crippen molar-refractivity contribution in [3.8, 4) is 12.1 Å². The lowest BCUT2D eigenvalue weighted by atomic mass is 10.0. The number of hydrogen-bond acceptors (Lipinski definition) is 3. The van der Waals surface area contributed by atoms with Crippen LogP contribution in [0.4, 0.5) is 0 Å². The van der Waals surface area contributed by atoms with Crippen molar-refractivity contribution in [2.24, 2.45) is 0 Å². The Morgan fingerprint density at radius 3 is 2.87 bits per heavy atom. The number of thioether (sulfide) groups is 1. The largest absolute Gasteiger partial charge is 0.198 e. The van der Waals surface area contributed by atoms with Gasteiger partial charge in [-0.15, -0.1) is 11.8 Å². The predicted molar refractivity (Wildman–Crippen MR) is 59.9 cm³/mol. The van der Waals surface area contributed by atoms with Gasteiger partial charge in [0.05, 0.1) is 18.6 Å². The molecular formula is C12H8N2S. The van der Waals surface area contributed by atoms with E-state index in [1.165, 1.54) is 4.90 Å². The fourth-order valence-electron chi connectivity index (χ4n) is 1.61. The van der Waals surface area contributed by atoms with E-state index in [0.29, 0.717) is 5.57 Å². The zero-order chi connectivity index (χ0) is 10.7. The smallest absolute Gasteiger partial charge is 0.0961 e. The van der Waals surface area contributed by atoms with Crippen molar-refractivity contribution in [1.29, 1.82) is 10.5 Å². The van der Waals surface area contributed by atoms with Crippen LogP contribution in [0.5, 0.6) is 0 Å². The van der Waals surface area contributed by atoms with E-state index in [4.69, 9.17) is 10.5 Å². The lowest BCUT2D eigenvalue weighted by molar-refractivity contribution is 1.26. The highest BCUT2D eigenvalue weighted by Crippen LogP contribution is 2.40. The average molecular weight is 212 g/mol. The summed E-state index contributed by atoms with van der Waals surface area (Å²) >= 11 is 1.73. The Kier molecular flexibility index (Phi) is 2.76. The summed E-state index contributed by atoms with van der Waals surface area (Å²) in [4.78, 5) is 1.21. The second-order valence-corrected chi connectivity index (χ2v) is 4.21. The summed E-state index contributed by atoms with van der Waals surface area (Å²) < 4.78 is 0. The molecular weight excluding hydrogens is 204 g/mol. The van der Waals surface area contributed by atoms with Gasteiger partial charge in [-0.1, -0.05) is 18.2 Å². The molecule has 15 heavy (non-hydrogen) atoms. The number of hydrogen-bond donors (Lipinski definition) is 0. The molecule has 0 spiro atoms. The van der Waals surface area contributed by atoms with Crippen molar-refractivity contribution in [3.63, 3.8) is 0 Å². The maximum absolute atomic E-state index is 8.97. The number of nitrogens with zero attached hydrogens (tertiary/aromatic N) is 2. The monoisotopic (exact) mass is 212 g/mol. The molecule has 1 aliphatic heterocycles. The van der Waals surface area contributed by atoms with E-state index in [0.717, 1.165) is 16.9 Å². The van der Waals surface area contributed by atoms with E-state index in [2.05, 4.69) is 6.07 Å². The van der Waals surface area contributed by atoms with Crippen LogP contribution in [-0.4, -0.2) is 5.75 Å². The Morgan fingerprint density at radius 2 is 2.13 bits per heavy atom. The third kappa shape index (κ3) is 1.75. The Labute approximate surface area is 92.8 Å². The van der Waals surface area contributed by atoms with E-state index in [1.54, 1.807) is 11.8 Å². The molecule has 72 valence electrons. The molecule has 2 nitrogen and oxygen atoms in total. The zero-order valence-electron chi connectivity index (χ0n) is 8.03. The van der Waals surface area contributed by atoms with Gasteiger partial charge in [0.1, 0.15) is 0 Å². The second kappa shape index (κ2) is 4.21. The molecule has 1 aromatic carbocycles. The molecule has 2 rings (SSSR count). The summed E-state index contributed by atoms with van der Waals surface area (Å²) in [6.07, 6.45) is 0.209. The third-order valence-corrected chi connectivity index (χ3v) is 3.44. The standard InChI is InChI=1S/C12H8N2S/c13-6-5-9(7-14)11-8-15-12-4-2-1-3-10(11)12/h1-4H,5,8H2/b11-9-. The first kappa shape index (κ1) is 9.83. The SMILES string of the molecule is N#CC/C(C#N)=C1\CSc2ccccc21. The van der Waals surface area contributed by atoms with Crippen LogP contribution in [0, 0.1) is 22.7 Å². The number of benzene rings is 1. The highest BCUT2D eigenvalue weighted by molar-refractivity contribution is 8.00. The van der Waals surface area contributed by atoms with E-state index < -0.39 is 0 Å². The first-order chi connectivity index (χ1) is 7.36. The van der Waals surface area contributed by atoms with Crippen LogP contribution >= 0.6 is 11.8 Å². The van der Waals surface area contributed by atoms with Gasteiger partial charge in [-0.2, -0.15) is 10.5 Å². The maximum Gasteiger partial charge on any atom is 0.0961 e. The molecule has 0 saturated heterocycles. The molecule has 0 atom stereocenters. The summed E-state index contributed by atoms with van der Waals surface area (Å²) in [5, 5.41) is 17.6. The molecule has 0 bridgehead atoms. The summed E-state index contributed by atoms with van der Waals surface area (Å²) in [6, 6.07) is 12.2. The van der Waals surface area contributed by atoms with Gasteiger partial charge in [0.25, 0.3) is 0 Å². The molecule has 1 heterocycles. The molecule has 0 radical (unpaired) electrons. The molecule has 1 aliphatic rings. The van der Waals surface area contributed by atoms with E-state index in [9.17, 15) is 0 Å². The summed E-state index contributed by atoms with van der Waals surface area (Å²) in [6.45, 7) is 0. The summed E-state index contributed by atoms with van der Waals surface area (Å²) in [5.41, 5.74) is 2.75. The van der Waals surface area contributed by atoms with Gasteiger partial charge < -0.3 is 0 Å². The Morgan fingerprint density at radius 1 is 1.33 bits per heavy atom. The number of allylic oxidation sites excluding steroid dienone is 1. The molecule has 0 aliphatic carbocycles. The van der Waals surface area contributed by atoms with Crippen LogP contribution in [-0.2, 0) is 0 Å². The first-order valence-corrected chi connectivity index (χ1v) is 5.56. The number of nitriles is 2. The highest BCUT2D eigenvalue weighted by Gasteiger charge is 2.19. The first-order valence-electron chi connectivity index (χ1n) is 4.58. The number of fused-ring (bicyclic) bond motifs is 1. The molecule has 1 aromatic rings. The summed E-state index contributed by atoms with van der Waals surface area (Å²) in [5.74, 6) is 0.809. The minimum atomic E-state index is 0.209. The van der Waals surface area contributed by atoms with E-state index in [1.807, 2.05) is 30.3 Å². The van der Waals surface area contributed by atoms with Gasteiger partial charge in [0.2, 0.25) is 0 Å². The second-order valence-electron chi connectivity index (χ2n) is 3.19. The normalized spacial score (nSPS) is 16.4. The zero-order valence-corrected chi connectivity index (χ0v) is 8.84. The van der Waals surface area contributed by atoms with Gasteiger partial charge >= 0.3 is 0 Å². The van der Waals surface area contributed by atoms with Gasteiger partial charge in [0, 0.05) is 16.2 Å². The lowest BCUT2D eigenvalue weighted by Crippen LogP contribution is -1.88. The van der Waals surface area contributed by atoms with Crippen molar-refractivity contribution >= 4 is 17.3 Å². The van der Waals surface area contributed by atoms with Crippen molar-refractivity contribution < 1.29 is 0 Å². The highest BCUT2D eigenvalue weighted by atomic mass is 32.2. The van der Waals surface area contributed by atoms with Gasteiger partial charge in [0.15, 0.2) is 0 Å². The molecule has 0 amide bonds. The quantitative estimate of drug-likeness (QED) is 0.672. The van der Waals surface area contributed by atoms with Crippen LogP contribution in [0.1, 0.15) is 12.0 Å². The average Bonchev–Trinajstić information content (AvgIpc) is 2.70. The van der Waals surface area contributed by atoms with Crippen LogP contribution < -0.4 is 0 Å². The lowest BCUT2D eigenvalue weighted by Gasteiger charge is -2.00. The minimum Gasteiger partial charge on any atom is -0.198 e. The molecule has 0 unspecified atom stereocenters. The minimum absolute atomic E-state index is 0.209. The fourth-order valence-corrected chi connectivity index (χ4v) is 2.76. The molecule has 0 aromatic heterocycles. The van der Waals surface area contributed by atoms with E-state index in [-0.39, 0.29) is 6.42 Å². The van der Waals surface area contributed by atoms with Crippen molar-refractivity contribution in [2.45, 2.75) is 11.3 Å². The maximum atomic E-state index is 8.97. The van der Waals surface area contributed by atoms with Crippen LogP contribution in [0.15, 0.2) is 34.7 Å².